The number of carbonyl (C=O) groups excluding carboxylic acids is 2. The number of ether oxygens (including phenoxy) is 2. The van der Waals surface area contributed by atoms with Crippen LogP contribution in [-0.4, -0.2) is 35.7 Å². The van der Waals surface area contributed by atoms with Crippen molar-refractivity contribution >= 4 is 23.7 Å². The first-order valence-electron chi connectivity index (χ1n) is 6.07. The highest BCUT2D eigenvalue weighted by molar-refractivity contribution is 7.99. The van der Waals surface area contributed by atoms with E-state index in [-0.39, 0.29) is 24.1 Å². The van der Waals surface area contributed by atoms with E-state index in [1.54, 1.807) is 11.8 Å². The highest BCUT2D eigenvalue weighted by Crippen LogP contribution is 2.64. The largest absolute Gasteiger partial charge is 0.392 e. The summed E-state index contributed by atoms with van der Waals surface area (Å²) >= 11 is 1.68. The first-order chi connectivity index (χ1) is 8.07. The van der Waals surface area contributed by atoms with Crippen molar-refractivity contribution in [3.63, 3.8) is 0 Å². The lowest BCUT2D eigenvalue weighted by molar-refractivity contribution is -0.159. The summed E-state index contributed by atoms with van der Waals surface area (Å²) in [6.45, 7) is 3.90. The van der Waals surface area contributed by atoms with Gasteiger partial charge in [0.25, 0.3) is 0 Å². The van der Waals surface area contributed by atoms with Crippen molar-refractivity contribution in [2.75, 3.05) is 11.5 Å². The monoisotopic (exact) mass is 256 g/mol. The fourth-order valence-electron chi connectivity index (χ4n) is 3.55. The average Bonchev–Trinajstić information content (AvgIpc) is 2.91. The second kappa shape index (κ2) is 3.48. The second-order valence-corrected chi connectivity index (χ2v) is 6.45. The SMILES string of the molecule is CCSCC12C(=O)OC(=O)C1(C)C1CCC2O1. The molecule has 3 fully saturated rings. The smallest absolute Gasteiger partial charge is 0.324 e. The Bertz CT molecular complexity index is 396. The molecule has 3 heterocycles. The Balaban J connectivity index is 2.06. The maximum absolute atomic E-state index is 12.2. The number of carbonyl (C=O) groups is 2. The number of hydrogen-bond acceptors (Lipinski definition) is 5. The van der Waals surface area contributed by atoms with Crippen molar-refractivity contribution in [2.45, 2.75) is 38.9 Å². The molecular weight excluding hydrogens is 240 g/mol. The summed E-state index contributed by atoms with van der Waals surface area (Å²) < 4.78 is 10.8. The molecule has 3 rings (SSSR count). The van der Waals surface area contributed by atoms with E-state index >= 15 is 0 Å². The van der Waals surface area contributed by atoms with Crippen LogP contribution >= 0.6 is 11.8 Å². The molecule has 2 bridgehead atoms. The molecular formula is C12H16O4S. The van der Waals surface area contributed by atoms with Gasteiger partial charge in [-0.2, -0.15) is 11.8 Å². The molecule has 5 heteroatoms. The van der Waals surface area contributed by atoms with E-state index in [4.69, 9.17) is 9.47 Å². The van der Waals surface area contributed by atoms with E-state index < -0.39 is 10.8 Å². The number of esters is 2. The predicted molar refractivity (Wildman–Crippen MR) is 62.5 cm³/mol. The van der Waals surface area contributed by atoms with E-state index in [0.29, 0.717) is 5.75 Å². The molecule has 17 heavy (non-hydrogen) atoms. The fourth-order valence-corrected chi connectivity index (χ4v) is 4.68. The van der Waals surface area contributed by atoms with Crippen LogP contribution in [-0.2, 0) is 19.1 Å². The third-order valence-corrected chi connectivity index (χ3v) is 5.72. The minimum Gasteiger partial charge on any atom is -0.392 e. The van der Waals surface area contributed by atoms with E-state index in [0.717, 1.165) is 18.6 Å². The van der Waals surface area contributed by atoms with Crippen LogP contribution in [0.5, 0.6) is 0 Å². The Kier molecular flexibility index (Phi) is 2.36. The number of fused-ring (bicyclic) bond motifs is 5. The first-order valence-corrected chi connectivity index (χ1v) is 7.22. The van der Waals surface area contributed by atoms with Gasteiger partial charge in [-0.1, -0.05) is 6.92 Å². The third-order valence-electron chi connectivity index (χ3n) is 4.65. The lowest BCUT2D eigenvalue weighted by atomic mass is 9.59. The first kappa shape index (κ1) is 11.5. The lowest BCUT2D eigenvalue weighted by Crippen LogP contribution is -2.52. The van der Waals surface area contributed by atoms with Crippen molar-refractivity contribution in [3.05, 3.63) is 0 Å². The maximum atomic E-state index is 12.2. The Morgan fingerprint density at radius 3 is 2.71 bits per heavy atom. The molecule has 0 amide bonds. The minimum atomic E-state index is -0.755. The molecule has 94 valence electrons. The standard InChI is InChI=1S/C12H16O4S/c1-3-17-6-12-8-5-4-7(15-8)11(12,2)9(13)16-10(12)14/h7-8H,3-6H2,1-2H3. The van der Waals surface area contributed by atoms with Crippen molar-refractivity contribution in [2.24, 2.45) is 10.8 Å². The normalized spacial score (nSPS) is 47.4. The summed E-state index contributed by atoms with van der Waals surface area (Å²) in [5.41, 5.74) is -1.48. The fraction of sp³-hybridized carbons (Fsp3) is 0.833. The third kappa shape index (κ3) is 1.10. The Labute approximate surface area is 104 Å². The van der Waals surface area contributed by atoms with E-state index in [1.165, 1.54) is 0 Å². The minimum absolute atomic E-state index is 0.129. The molecule has 0 aliphatic carbocycles. The summed E-state index contributed by atoms with van der Waals surface area (Å²) in [5.74, 6) is 0.812. The molecule has 3 aliphatic heterocycles. The zero-order valence-corrected chi connectivity index (χ0v) is 10.8. The van der Waals surface area contributed by atoms with Crippen LogP contribution in [0.25, 0.3) is 0 Å². The lowest BCUT2D eigenvalue weighted by Gasteiger charge is -2.37. The number of hydrogen-bond donors (Lipinski definition) is 0. The van der Waals surface area contributed by atoms with E-state index in [9.17, 15) is 9.59 Å². The van der Waals surface area contributed by atoms with Crippen LogP contribution in [0.3, 0.4) is 0 Å². The highest BCUT2D eigenvalue weighted by atomic mass is 32.2. The molecule has 0 spiro atoms. The van der Waals surface area contributed by atoms with Gasteiger partial charge in [0.2, 0.25) is 0 Å². The van der Waals surface area contributed by atoms with Crippen LogP contribution in [0.4, 0.5) is 0 Å². The molecule has 0 aromatic rings. The van der Waals surface area contributed by atoms with Gasteiger partial charge in [-0.3, -0.25) is 9.59 Å². The van der Waals surface area contributed by atoms with Gasteiger partial charge in [-0.05, 0) is 25.5 Å². The zero-order chi connectivity index (χ0) is 12.3. The average molecular weight is 256 g/mol. The molecule has 0 aromatic heterocycles. The van der Waals surface area contributed by atoms with Gasteiger partial charge in [0, 0.05) is 5.75 Å². The molecule has 4 unspecified atom stereocenters. The summed E-state index contributed by atoms with van der Waals surface area (Å²) in [6.07, 6.45) is 1.47. The Hall–Kier alpha value is -0.550. The van der Waals surface area contributed by atoms with Gasteiger partial charge < -0.3 is 9.47 Å². The Morgan fingerprint density at radius 1 is 1.29 bits per heavy atom. The zero-order valence-electron chi connectivity index (χ0n) is 10.0. The van der Waals surface area contributed by atoms with Crippen LogP contribution in [0.15, 0.2) is 0 Å². The van der Waals surface area contributed by atoms with Crippen molar-refractivity contribution in [3.8, 4) is 0 Å². The summed E-state index contributed by atoms with van der Waals surface area (Å²) in [5, 5.41) is 0. The molecule has 3 saturated heterocycles. The number of thioether (sulfide) groups is 1. The van der Waals surface area contributed by atoms with Crippen molar-refractivity contribution in [1.29, 1.82) is 0 Å². The highest BCUT2D eigenvalue weighted by Gasteiger charge is 2.78. The van der Waals surface area contributed by atoms with Gasteiger partial charge in [-0.15, -0.1) is 0 Å². The summed E-state index contributed by atoms with van der Waals surface area (Å²) in [4.78, 5) is 24.2. The molecule has 4 atom stereocenters. The van der Waals surface area contributed by atoms with E-state index in [2.05, 4.69) is 6.92 Å². The van der Waals surface area contributed by atoms with Gasteiger partial charge in [0.05, 0.1) is 12.2 Å². The van der Waals surface area contributed by atoms with Gasteiger partial charge in [-0.25, -0.2) is 0 Å². The quantitative estimate of drug-likeness (QED) is 0.564. The molecule has 3 aliphatic rings. The van der Waals surface area contributed by atoms with Crippen LogP contribution in [0, 0.1) is 10.8 Å². The van der Waals surface area contributed by atoms with Crippen LogP contribution < -0.4 is 0 Å². The number of rotatable bonds is 3. The van der Waals surface area contributed by atoms with Gasteiger partial charge in [0.15, 0.2) is 0 Å². The molecule has 0 aromatic carbocycles. The summed E-state index contributed by atoms with van der Waals surface area (Å²) in [7, 11) is 0. The number of cyclic esters (lactones) is 2. The van der Waals surface area contributed by atoms with Crippen LogP contribution in [0.2, 0.25) is 0 Å². The topological polar surface area (TPSA) is 52.6 Å². The van der Waals surface area contributed by atoms with Gasteiger partial charge in [0.1, 0.15) is 10.8 Å². The van der Waals surface area contributed by atoms with Crippen molar-refractivity contribution in [1.82, 2.24) is 0 Å². The van der Waals surface area contributed by atoms with Gasteiger partial charge >= 0.3 is 11.9 Å². The van der Waals surface area contributed by atoms with E-state index in [1.807, 2.05) is 6.92 Å². The molecule has 0 saturated carbocycles. The second-order valence-electron chi connectivity index (χ2n) is 5.18. The molecule has 0 radical (unpaired) electrons. The van der Waals surface area contributed by atoms with Crippen LogP contribution in [0.1, 0.15) is 26.7 Å². The predicted octanol–water partition coefficient (Wildman–Crippen LogP) is 1.38. The van der Waals surface area contributed by atoms with Crippen molar-refractivity contribution < 1.29 is 19.1 Å². The maximum Gasteiger partial charge on any atom is 0.324 e. The Morgan fingerprint density at radius 2 is 2.00 bits per heavy atom. The summed E-state index contributed by atoms with van der Waals surface area (Å²) in [6, 6.07) is 0. The molecule has 0 N–H and O–H groups in total. The molecule has 4 nitrogen and oxygen atoms in total.